The van der Waals surface area contributed by atoms with E-state index in [2.05, 4.69) is 4.74 Å². The highest BCUT2D eigenvalue weighted by atomic mass is 16.6. The summed E-state index contributed by atoms with van der Waals surface area (Å²) in [7, 11) is 2.66. The van der Waals surface area contributed by atoms with Crippen LogP contribution in [-0.2, 0) is 23.8 Å². The quantitative estimate of drug-likeness (QED) is 0.563. The molecular formula is C17H29NO6. The van der Waals surface area contributed by atoms with Crippen LogP contribution in [0.4, 0.5) is 4.79 Å². The van der Waals surface area contributed by atoms with Crippen molar-refractivity contribution < 1.29 is 28.6 Å². The number of methoxy groups -OCH3 is 2. The molecule has 1 aliphatic heterocycles. The SMILES string of the molecule is COC(=O)CCC[C@@H]1[C@H](C)CN(C(=O)OC(C)(C)C)[C@@H]1C(=O)OC. The van der Waals surface area contributed by atoms with Gasteiger partial charge in [0.1, 0.15) is 11.6 Å². The highest BCUT2D eigenvalue weighted by Crippen LogP contribution is 2.35. The summed E-state index contributed by atoms with van der Waals surface area (Å²) in [6.45, 7) is 7.77. The molecule has 0 aromatic carbocycles. The molecule has 0 saturated carbocycles. The standard InChI is InChI=1S/C17H29NO6/c1-11-10-18(16(21)24-17(2,3)4)14(15(20)23-6)12(11)8-7-9-13(19)22-5/h11-12,14H,7-10H2,1-6H3/t11-,12-,14+/m1/s1. The van der Waals surface area contributed by atoms with Gasteiger partial charge in [-0.3, -0.25) is 9.69 Å². The minimum atomic E-state index is -0.683. The molecule has 0 aromatic rings. The Hall–Kier alpha value is -1.79. The van der Waals surface area contributed by atoms with Crippen molar-refractivity contribution in [3.8, 4) is 0 Å². The second kappa shape index (κ2) is 8.35. The first-order valence-electron chi connectivity index (χ1n) is 8.25. The van der Waals surface area contributed by atoms with Crippen molar-refractivity contribution in [2.75, 3.05) is 20.8 Å². The number of rotatable bonds is 5. The number of hydrogen-bond donors (Lipinski definition) is 0. The Bertz CT molecular complexity index is 470. The summed E-state index contributed by atoms with van der Waals surface area (Å²) in [5.41, 5.74) is -0.635. The smallest absolute Gasteiger partial charge is 0.411 e. The van der Waals surface area contributed by atoms with Crippen LogP contribution >= 0.6 is 0 Å². The topological polar surface area (TPSA) is 82.1 Å². The molecular weight excluding hydrogens is 314 g/mol. The summed E-state index contributed by atoms with van der Waals surface area (Å²) in [5, 5.41) is 0. The van der Waals surface area contributed by atoms with Crippen LogP contribution in [0.1, 0.15) is 47.0 Å². The van der Waals surface area contributed by atoms with E-state index < -0.39 is 23.7 Å². The number of nitrogens with zero attached hydrogens (tertiary/aromatic N) is 1. The highest BCUT2D eigenvalue weighted by Gasteiger charge is 2.47. The van der Waals surface area contributed by atoms with E-state index in [1.165, 1.54) is 19.1 Å². The van der Waals surface area contributed by atoms with Crippen LogP contribution in [0.25, 0.3) is 0 Å². The van der Waals surface area contributed by atoms with Gasteiger partial charge in [-0.25, -0.2) is 9.59 Å². The van der Waals surface area contributed by atoms with Gasteiger partial charge in [0.2, 0.25) is 0 Å². The summed E-state index contributed by atoms with van der Waals surface area (Å²) >= 11 is 0. The number of esters is 2. The van der Waals surface area contributed by atoms with E-state index in [-0.39, 0.29) is 17.8 Å². The number of amides is 1. The van der Waals surface area contributed by atoms with Gasteiger partial charge in [0, 0.05) is 13.0 Å². The van der Waals surface area contributed by atoms with Crippen LogP contribution in [-0.4, -0.2) is 55.3 Å². The van der Waals surface area contributed by atoms with Gasteiger partial charge in [0.25, 0.3) is 0 Å². The van der Waals surface area contributed by atoms with Crippen molar-refractivity contribution in [2.24, 2.45) is 11.8 Å². The van der Waals surface area contributed by atoms with Crippen molar-refractivity contribution in [3.63, 3.8) is 0 Å². The molecule has 7 nitrogen and oxygen atoms in total. The molecule has 1 amide bonds. The van der Waals surface area contributed by atoms with Crippen molar-refractivity contribution in [2.45, 2.75) is 58.6 Å². The van der Waals surface area contributed by atoms with Crippen molar-refractivity contribution in [3.05, 3.63) is 0 Å². The van der Waals surface area contributed by atoms with E-state index in [9.17, 15) is 14.4 Å². The van der Waals surface area contributed by atoms with Crippen LogP contribution in [0.5, 0.6) is 0 Å². The van der Waals surface area contributed by atoms with E-state index >= 15 is 0 Å². The van der Waals surface area contributed by atoms with Gasteiger partial charge >= 0.3 is 18.0 Å². The highest BCUT2D eigenvalue weighted by molar-refractivity contribution is 5.82. The lowest BCUT2D eigenvalue weighted by molar-refractivity contribution is -0.147. The van der Waals surface area contributed by atoms with Gasteiger partial charge in [-0.15, -0.1) is 0 Å². The second-order valence-electron chi connectivity index (χ2n) is 7.21. The molecule has 0 radical (unpaired) electrons. The van der Waals surface area contributed by atoms with Gasteiger partial charge in [-0.05, 0) is 45.4 Å². The van der Waals surface area contributed by atoms with Crippen molar-refractivity contribution in [1.29, 1.82) is 0 Å². The molecule has 0 spiro atoms. The Morgan fingerprint density at radius 1 is 1.12 bits per heavy atom. The summed E-state index contributed by atoms with van der Waals surface area (Å²) in [6, 6.07) is -0.683. The summed E-state index contributed by atoms with van der Waals surface area (Å²) in [6.07, 6.45) is 1.01. The Balaban J connectivity index is 2.85. The number of carbonyl (C=O) groups is 3. The van der Waals surface area contributed by atoms with Gasteiger partial charge in [-0.1, -0.05) is 6.92 Å². The molecule has 1 aliphatic rings. The second-order valence-corrected chi connectivity index (χ2v) is 7.21. The monoisotopic (exact) mass is 343 g/mol. The number of ether oxygens (including phenoxy) is 3. The van der Waals surface area contributed by atoms with Crippen LogP contribution < -0.4 is 0 Å². The van der Waals surface area contributed by atoms with Crippen LogP contribution in [0.15, 0.2) is 0 Å². The minimum Gasteiger partial charge on any atom is -0.469 e. The predicted molar refractivity (Wildman–Crippen MR) is 87.3 cm³/mol. The summed E-state index contributed by atoms with van der Waals surface area (Å²) < 4.78 is 14.9. The minimum absolute atomic E-state index is 0.0744. The molecule has 138 valence electrons. The molecule has 0 aliphatic carbocycles. The van der Waals surface area contributed by atoms with Gasteiger partial charge < -0.3 is 14.2 Å². The Kier molecular flexibility index (Phi) is 7.05. The maximum Gasteiger partial charge on any atom is 0.411 e. The fourth-order valence-electron chi connectivity index (χ4n) is 3.06. The Morgan fingerprint density at radius 2 is 1.75 bits per heavy atom. The zero-order chi connectivity index (χ0) is 18.5. The third-order valence-electron chi connectivity index (χ3n) is 4.17. The third-order valence-corrected chi connectivity index (χ3v) is 4.17. The molecule has 7 heteroatoms. The average molecular weight is 343 g/mol. The molecule has 1 saturated heterocycles. The van der Waals surface area contributed by atoms with Crippen molar-refractivity contribution >= 4 is 18.0 Å². The molecule has 0 N–H and O–H groups in total. The Labute approximate surface area is 143 Å². The molecule has 1 rings (SSSR count). The lowest BCUT2D eigenvalue weighted by atomic mass is 9.87. The number of carbonyl (C=O) groups excluding carboxylic acids is 3. The lowest BCUT2D eigenvalue weighted by Crippen LogP contribution is -2.46. The van der Waals surface area contributed by atoms with Crippen LogP contribution in [0.3, 0.4) is 0 Å². The zero-order valence-corrected chi connectivity index (χ0v) is 15.5. The van der Waals surface area contributed by atoms with Crippen molar-refractivity contribution in [1.82, 2.24) is 4.90 Å². The zero-order valence-electron chi connectivity index (χ0n) is 15.5. The van der Waals surface area contributed by atoms with Gasteiger partial charge in [0.05, 0.1) is 14.2 Å². The average Bonchev–Trinajstić information content (AvgIpc) is 2.81. The van der Waals surface area contributed by atoms with E-state index in [0.29, 0.717) is 25.8 Å². The van der Waals surface area contributed by atoms with Gasteiger partial charge in [0.15, 0.2) is 0 Å². The van der Waals surface area contributed by atoms with Crippen LogP contribution in [0.2, 0.25) is 0 Å². The molecule has 0 aromatic heterocycles. The molecule has 3 atom stereocenters. The number of likely N-dealkylation sites (tertiary alicyclic amines) is 1. The number of hydrogen-bond acceptors (Lipinski definition) is 6. The first kappa shape index (κ1) is 20.3. The predicted octanol–water partition coefficient (Wildman–Crippen LogP) is 2.37. The molecule has 0 bridgehead atoms. The Morgan fingerprint density at radius 3 is 2.25 bits per heavy atom. The summed E-state index contributed by atoms with van der Waals surface area (Å²) in [5.74, 6) is -0.693. The lowest BCUT2D eigenvalue weighted by Gasteiger charge is -2.29. The molecule has 1 heterocycles. The largest absolute Gasteiger partial charge is 0.469 e. The maximum atomic E-state index is 12.4. The first-order chi connectivity index (χ1) is 11.1. The fourth-order valence-corrected chi connectivity index (χ4v) is 3.06. The normalized spacial score (nSPS) is 23.8. The fraction of sp³-hybridized carbons (Fsp3) is 0.824. The molecule has 24 heavy (non-hydrogen) atoms. The maximum absolute atomic E-state index is 12.4. The van der Waals surface area contributed by atoms with Crippen LogP contribution in [0, 0.1) is 11.8 Å². The molecule has 0 unspecified atom stereocenters. The summed E-state index contributed by atoms with van der Waals surface area (Å²) in [4.78, 5) is 37.4. The van der Waals surface area contributed by atoms with E-state index in [1.807, 2.05) is 6.92 Å². The molecule has 1 fully saturated rings. The van der Waals surface area contributed by atoms with Gasteiger partial charge in [-0.2, -0.15) is 0 Å². The van der Waals surface area contributed by atoms with E-state index in [1.54, 1.807) is 20.8 Å². The van der Waals surface area contributed by atoms with E-state index in [0.717, 1.165) is 0 Å². The third kappa shape index (κ3) is 5.39. The first-order valence-corrected chi connectivity index (χ1v) is 8.25. The van der Waals surface area contributed by atoms with E-state index in [4.69, 9.17) is 9.47 Å².